The molecule has 2 aromatic carbocycles. The normalized spacial score (nSPS) is 10.9. The van der Waals surface area contributed by atoms with Gasteiger partial charge in [-0.15, -0.1) is 0 Å². The monoisotopic (exact) mass is 378 g/mol. The highest BCUT2D eigenvalue weighted by molar-refractivity contribution is 7.92. The Morgan fingerprint density at radius 1 is 1.15 bits per heavy atom. The van der Waals surface area contributed by atoms with Crippen LogP contribution < -0.4 is 19.1 Å². The van der Waals surface area contributed by atoms with E-state index in [9.17, 15) is 13.2 Å². The summed E-state index contributed by atoms with van der Waals surface area (Å²) in [6, 6.07) is 11.6. The first-order chi connectivity index (χ1) is 12.3. The predicted octanol–water partition coefficient (Wildman–Crippen LogP) is 2.74. The zero-order chi connectivity index (χ0) is 19.3. The molecule has 8 heteroatoms. The SMILES string of the molecule is CCOc1ccc(NC(=O)c2cc(N(C)S(C)(=O)=O)ccc2OC)cc1. The average molecular weight is 378 g/mol. The number of hydrogen-bond donors (Lipinski definition) is 1. The molecular weight excluding hydrogens is 356 g/mol. The summed E-state index contributed by atoms with van der Waals surface area (Å²) in [6.07, 6.45) is 1.09. The quantitative estimate of drug-likeness (QED) is 0.801. The molecule has 1 N–H and O–H groups in total. The molecule has 0 unspecified atom stereocenters. The molecule has 0 atom stereocenters. The van der Waals surface area contributed by atoms with E-state index in [1.54, 1.807) is 36.4 Å². The average Bonchev–Trinajstić information content (AvgIpc) is 2.61. The molecule has 0 aliphatic rings. The van der Waals surface area contributed by atoms with Crippen LogP contribution in [0.5, 0.6) is 11.5 Å². The number of rotatable bonds is 7. The lowest BCUT2D eigenvalue weighted by atomic mass is 10.1. The fourth-order valence-corrected chi connectivity index (χ4v) is 2.76. The van der Waals surface area contributed by atoms with Crippen molar-refractivity contribution in [3.05, 3.63) is 48.0 Å². The highest BCUT2D eigenvalue weighted by atomic mass is 32.2. The molecule has 0 saturated carbocycles. The summed E-state index contributed by atoms with van der Waals surface area (Å²) < 4.78 is 35.1. The Balaban J connectivity index is 2.29. The number of nitrogens with zero attached hydrogens (tertiary/aromatic N) is 1. The number of ether oxygens (including phenoxy) is 2. The smallest absolute Gasteiger partial charge is 0.259 e. The summed E-state index contributed by atoms with van der Waals surface area (Å²) in [6.45, 7) is 2.45. The second-order valence-electron chi connectivity index (χ2n) is 5.53. The molecule has 0 aliphatic carbocycles. The number of carbonyl (C=O) groups is 1. The topological polar surface area (TPSA) is 84.9 Å². The Morgan fingerprint density at radius 3 is 2.35 bits per heavy atom. The molecule has 0 saturated heterocycles. The third kappa shape index (κ3) is 4.66. The Labute approximate surface area is 153 Å². The van der Waals surface area contributed by atoms with Crippen molar-refractivity contribution in [1.82, 2.24) is 0 Å². The molecular formula is C18H22N2O5S. The van der Waals surface area contributed by atoms with Crippen LogP contribution in [0.1, 0.15) is 17.3 Å². The number of nitrogens with one attached hydrogen (secondary N) is 1. The van der Waals surface area contributed by atoms with Crippen LogP contribution >= 0.6 is 0 Å². The summed E-state index contributed by atoms with van der Waals surface area (Å²) in [7, 11) is -0.571. The minimum atomic E-state index is -3.44. The number of benzene rings is 2. The maximum Gasteiger partial charge on any atom is 0.259 e. The second kappa shape index (κ2) is 8.09. The van der Waals surface area contributed by atoms with Crippen molar-refractivity contribution < 1.29 is 22.7 Å². The van der Waals surface area contributed by atoms with Gasteiger partial charge in [0.15, 0.2) is 0 Å². The largest absolute Gasteiger partial charge is 0.496 e. The number of anilines is 2. The molecule has 0 spiro atoms. The maximum atomic E-state index is 12.6. The number of sulfonamides is 1. The number of amides is 1. The van der Waals surface area contributed by atoms with Gasteiger partial charge < -0.3 is 14.8 Å². The van der Waals surface area contributed by atoms with Crippen molar-refractivity contribution in [1.29, 1.82) is 0 Å². The van der Waals surface area contributed by atoms with Crippen molar-refractivity contribution in [3.63, 3.8) is 0 Å². The number of carbonyl (C=O) groups excluding carboxylic acids is 1. The van der Waals surface area contributed by atoms with E-state index in [0.717, 1.165) is 10.6 Å². The summed E-state index contributed by atoms with van der Waals surface area (Å²) in [5.74, 6) is 0.647. The van der Waals surface area contributed by atoms with E-state index in [-0.39, 0.29) is 5.56 Å². The molecule has 0 fully saturated rings. The van der Waals surface area contributed by atoms with E-state index in [1.807, 2.05) is 6.92 Å². The van der Waals surface area contributed by atoms with Crippen LogP contribution in [0.25, 0.3) is 0 Å². The Bertz CT molecular complexity index is 879. The molecule has 1 amide bonds. The van der Waals surface area contributed by atoms with E-state index in [2.05, 4.69) is 5.32 Å². The first-order valence-electron chi connectivity index (χ1n) is 7.92. The van der Waals surface area contributed by atoms with Gasteiger partial charge in [0.1, 0.15) is 11.5 Å². The Morgan fingerprint density at radius 2 is 1.81 bits per heavy atom. The van der Waals surface area contributed by atoms with Crippen molar-refractivity contribution in [3.8, 4) is 11.5 Å². The van der Waals surface area contributed by atoms with Crippen LogP contribution in [-0.2, 0) is 10.0 Å². The maximum absolute atomic E-state index is 12.6. The predicted molar refractivity (Wildman–Crippen MR) is 102 cm³/mol. The van der Waals surface area contributed by atoms with Crippen LogP contribution in [0.15, 0.2) is 42.5 Å². The van der Waals surface area contributed by atoms with Gasteiger partial charge in [-0.25, -0.2) is 8.42 Å². The lowest BCUT2D eigenvalue weighted by Crippen LogP contribution is -2.25. The third-order valence-electron chi connectivity index (χ3n) is 3.71. The summed E-state index contributed by atoms with van der Waals surface area (Å²) in [4.78, 5) is 12.6. The molecule has 0 radical (unpaired) electrons. The molecule has 2 aromatic rings. The minimum Gasteiger partial charge on any atom is -0.496 e. The number of methoxy groups -OCH3 is 1. The Kier molecular flexibility index (Phi) is 6.10. The summed E-state index contributed by atoms with van der Waals surface area (Å²) >= 11 is 0. The fourth-order valence-electron chi connectivity index (χ4n) is 2.26. The van der Waals surface area contributed by atoms with Crippen LogP contribution in [0, 0.1) is 0 Å². The van der Waals surface area contributed by atoms with Gasteiger partial charge in [-0.3, -0.25) is 9.10 Å². The molecule has 26 heavy (non-hydrogen) atoms. The molecule has 0 heterocycles. The van der Waals surface area contributed by atoms with E-state index >= 15 is 0 Å². The Hall–Kier alpha value is -2.74. The number of hydrogen-bond acceptors (Lipinski definition) is 5. The van der Waals surface area contributed by atoms with Gasteiger partial charge in [-0.05, 0) is 49.4 Å². The molecule has 0 bridgehead atoms. The van der Waals surface area contributed by atoms with Gasteiger partial charge in [0.25, 0.3) is 5.91 Å². The van der Waals surface area contributed by atoms with Crippen LogP contribution in [0.4, 0.5) is 11.4 Å². The molecule has 2 rings (SSSR count). The van der Waals surface area contributed by atoms with Crippen LogP contribution in [0.2, 0.25) is 0 Å². The van der Waals surface area contributed by atoms with Gasteiger partial charge in [0.05, 0.1) is 31.2 Å². The lowest BCUT2D eigenvalue weighted by molar-refractivity contribution is 0.102. The molecule has 0 aromatic heterocycles. The van der Waals surface area contributed by atoms with E-state index in [0.29, 0.717) is 29.5 Å². The van der Waals surface area contributed by atoms with E-state index < -0.39 is 15.9 Å². The van der Waals surface area contributed by atoms with Gasteiger partial charge in [-0.2, -0.15) is 0 Å². The second-order valence-corrected chi connectivity index (χ2v) is 7.54. The van der Waals surface area contributed by atoms with Crippen molar-refractivity contribution in [2.45, 2.75) is 6.92 Å². The highest BCUT2D eigenvalue weighted by Crippen LogP contribution is 2.27. The van der Waals surface area contributed by atoms with Crippen molar-refractivity contribution >= 4 is 27.3 Å². The van der Waals surface area contributed by atoms with Crippen LogP contribution in [0.3, 0.4) is 0 Å². The van der Waals surface area contributed by atoms with Crippen molar-refractivity contribution in [2.75, 3.05) is 36.6 Å². The zero-order valence-electron chi connectivity index (χ0n) is 15.1. The van der Waals surface area contributed by atoms with Gasteiger partial charge >= 0.3 is 0 Å². The lowest BCUT2D eigenvalue weighted by Gasteiger charge is -2.18. The van der Waals surface area contributed by atoms with Crippen molar-refractivity contribution in [2.24, 2.45) is 0 Å². The van der Waals surface area contributed by atoms with Gasteiger partial charge in [-0.1, -0.05) is 0 Å². The molecule has 7 nitrogen and oxygen atoms in total. The first-order valence-corrected chi connectivity index (χ1v) is 9.77. The fraction of sp³-hybridized carbons (Fsp3) is 0.278. The standard InChI is InChI=1S/C18H22N2O5S/c1-5-25-15-9-6-13(7-10-15)19-18(21)16-12-14(8-11-17(16)24-3)20(2)26(4,22)23/h6-12H,5H2,1-4H3,(H,19,21). The first kappa shape index (κ1) is 19.6. The van der Waals surface area contributed by atoms with Crippen LogP contribution in [-0.4, -0.2) is 41.3 Å². The van der Waals surface area contributed by atoms with E-state index in [4.69, 9.17) is 9.47 Å². The summed E-state index contributed by atoms with van der Waals surface area (Å²) in [5.41, 5.74) is 1.18. The molecule has 140 valence electrons. The third-order valence-corrected chi connectivity index (χ3v) is 4.92. The zero-order valence-corrected chi connectivity index (χ0v) is 16.0. The van der Waals surface area contributed by atoms with Gasteiger partial charge in [0, 0.05) is 12.7 Å². The highest BCUT2D eigenvalue weighted by Gasteiger charge is 2.18. The van der Waals surface area contributed by atoms with E-state index in [1.165, 1.54) is 20.2 Å². The summed E-state index contributed by atoms with van der Waals surface area (Å²) in [5, 5.41) is 2.76. The van der Waals surface area contributed by atoms with Gasteiger partial charge in [0.2, 0.25) is 10.0 Å². The molecule has 0 aliphatic heterocycles. The minimum absolute atomic E-state index is 0.231.